The molecule has 0 saturated carbocycles. The molecule has 4 nitrogen and oxygen atoms in total. The maximum absolute atomic E-state index is 5.82. The van der Waals surface area contributed by atoms with Gasteiger partial charge in [0, 0.05) is 41.7 Å². The fourth-order valence-electron chi connectivity index (χ4n) is 2.60. The molecule has 0 bridgehead atoms. The SMILES string of the molecule is COc1cc2c(cc1CNCc1nc(C)cs1)O[C@H](C)C2. The largest absolute Gasteiger partial charge is 0.496 e. The van der Waals surface area contributed by atoms with Gasteiger partial charge in [-0.15, -0.1) is 11.3 Å². The van der Waals surface area contributed by atoms with Gasteiger partial charge in [0.1, 0.15) is 22.6 Å². The summed E-state index contributed by atoms with van der Waals surface area (Å²) < 4.78 is 11.3. The van der Waals surface area contributed by atoms with E-state index in [4.69, 9.17) is 9.47 Å². The Hall–Kier alpha value is -1.59. The predicted molar refractivity (Wildman–Crippen MR) is 84.2 cm³/mol. The molecule has 1 aliphatic heterocycles. The molecule has 21 heavy (non-hydrogen) atoms. The van der Waals surface area contributed by atoms with E-state index in [1.54, 1.807) is 18.4 Å². The molecule has 1 aliphatic rings. The number of thiazole rings is 1. The van der Waals surface area contributed by atoms with Crippen LogP contribution < -0.4 is 14.8 Å². The second kappa shape index (κ2) is 6.03. The van der Waals surface area contributed by atoms with Crippen molar-refractivity contribution in [3.05, 3.63) is 39.3 Å². The van der Waals surface area contributed by atoms with Gasteiger partial charge in [-0.25, -0.2) is 4.98 Å². The smallest absolute Gasteiger partial charge is 0.123 e. The van der Waals surface area contributed by atoms with Crippen molar-refractivity contribution >= 4 is 11.3 Å². The summed E-state index contributed by atoms with van der Waals surface area (Å²) in [4.78, 5) is 4.45. The van der Waals surface area contributed by atoms with Gasteiger partial charge in [0.2, 0.25) is 0 Å². The van der Waals surface area contributed by atoms with Crippen LogP contribution in [0.1, 0.15) is 28.8 Å². The number of rotatable bonds is 5. The molecule has 2 aromatic rings. The quantitative estimate of drug-likeness (QED) is 0.922. The van der Waals surface area contributed by atoms with E-state index in [1.165, 1.54) is 5.56 Å². The van der Waals surface area contributed by atoms with E-state index in [0.717, 1.165) is 47.3 Å². The minimum absolute atomic E-state index is 0.256. The molecule has 0 spiro atoms. The molecule has 1 N–H and O–H groups in total. The highest BCUT2D eigenvalue weighted by atomic mass is 32.1. The normalized spacial score (nSPS) is 16.6. The topological polar surface area (TPSA) is 43.4 Å². The van der Waals surface area contributed by atoms with Crippen molar-refractivity contribution in [2.45, 2.75) is 39.5 Å². The maximum Gasteiger partial charge on any atom is 0.123 e. The molecule has 1 aromatic carbocycles. The summed E-state index contributed by atoms with van der Waals surface area (Å²) in [6.45, 7) is 5.63. The van der Waals surface area contributed by atoms with E-state index >= 15 is 0 Å². The molecule has 0 amide bonds. The van der Waals surface area contributed by atoms with Gasteiger partial charge in [-0.1, -0.05) is 0 Å². The number of benzene rings is 1. The Balaban J connectivity index is 1.68. The number of hydrogen-bond donors (Lipinski definition) is 1. The van der Waals surface area contributed by atoms with Crippen LogP contribution in [0.2, 0.25) is 0 Å². The van der Waals surface area contributed by atoms with Crippen LogP contribution in [0.15, 0.2) is 17.5 Å². The van der Waals surface area contributed by atoms with Crippen LogP contribution in [0.4, 0.5) is 0 Å². The summed E-state index contributed by atoms with van der Waals surface area (Å²) in [7, 11) is 1.72. The fourth-order valence-corrected chi connectivity index (χ4v) is 3.34. The van der Waals surface area contributed by atoms with Crippen LogP contribution in [0, 0.1) is 6.92 Å². The first kappa shape index (κ1) is 14.4. The van der Waals surface area contributed by atoms with Gasteiger partial charge in [0.05, 0.1) is 7.11 Å². The zero-order valence-electron chi connectivity index (χ0n) is 12.6. The Labute approximate surface area is 129 Å². The molecule has 0 saturated heterocycles. The average molecular weight is 304 g/mol. The van der Waals surface area contributed by atoms with Crippen molar-refractivity contribution in [3.8, 4) is 11.5 Å². The van der Waals surface area contributed by atoms with E-state index in [0.29, 0.717) is 0 Å². The van der Waals surface area contributed by atoms with Crippen LogP contribution in [0.25, 0.3) is 0 Å². The molecule has 112 valence electrons. The third-order valence-corrected chi connectivity index (χ3v) is 4.52. The van der Waals surface area contributed by atoms with E-state index in [1.807, 2.05) is 6.92 Å². The molecule has 0 unspecified atom stereocenters. The summed E-state index contributed by atoms with van der Waals surface area (Å²) >= 11 is 1.69. The Morgan fingerprint density at radius 3 is 3.00 bits per heavy atom. The first-order valence-electron chi connectivity index (χ1n) is 7.14. The zero-order chi connectivity index (χ0) is 14.8. The second-order valence-corrected chi connectivity index (χ2v) is 6.33. The monoisotopic (exact) mass is 304 g/mol. The summed E-state index contributed by atoms with van der Waals surface area (Å²) in [6.07, 6.45) is 1.21. The average Bonchev–Trinajstić information content (AvgIpc) is 3.02. The van der Waals surface area contributed by atoms with Gasteiger partial charge < -0.3 is 14.8 Å². The van der Waals surface area contributed by atoms with Crippen molar-refractivity contribution in [2.24, 2.45) is 0 Å². The number of nitrogens with zero attached hydrogens (tertiary/aromatic N) is 1. The standard InChI is InChI=1S/C16H20N2O2S/c1-10-9-21-16(18-10)8-17-7-13-6-15-12(4-11(2)20-15)5-14(13)19-3/h5-6,9,11,17H,4,7-8H2,1-3H3/t11-/m1/s1. The van der Waals surface area contributed by atoms with Crippen LogP contribution >= 0.6 is 11.3 Å². The Kier molecular flexibility index (Phi) is 4.12. The van der Waals surface area contributed by atoms with Gasteiger partial charge >= 0.3 is 0 Å². The molecular weight excluding hydrogens is 284 g/mol. The second-order valence-electron chi connectivity index (χ2n) is 5.39. The highest BCUT2D eigenvalue weighted by molar-refractivity contribution is 7.09. The van der Waals surface area contributed by atoms with Crippen molar-refractivity contribution in [1.29, 1.82) is 0 Å². The van der Waals surface area contributed by atoms with E-state index < -0.39 is 0 Å². The molecule has 3 rings (SSSR count). The van der Waals surface area contributed by atoms with Crippen molar-refractivity contribution in [3.63, 3.8) is 0 Å². The minimum Gasteiger partial charge on any atom is -0.496 e. The third kappa shape index (κ3) is 3.19. The lowest BCUT2D eigenvalue weighted by atomic mass is 10.1. The molecule has 2 heterocycles. The van der Waals surface area contributed by atoms with Gasteiger partial charge in [0.15, 0.2) is 0 Å². The number of hydrogen-bond acceptors (Lipinski definition) is 5. The first-order valence-corrected chi connectivity index (χ1v) is 8.02. The molecule has 1 aromatic heterocycles. The number of ether oxygens (including phenoxy) is 2. The number of nitrogens with one attached hydrogen (secondary N) is 1. The summed E-state index contributed by atoms with van der Waals surface area (Å²) in [6, 6.07) is 4.20. The van der Waals surface area contributed by atoms with Gasteiger partial charge in [-0.05, 0) is 26.0 Å². The lowest BCUT2D eigenvalue weighted by Crippen LogP contribution is -2.13. The highest BCUT2D eigenvalue weighted by Crippen LogP contribution is 2.34. The molecule has 0 aliphatic carbocycles. The lowest BCUT2D eigenvalue weighted by Gasteiger charge is -2.11. The Bertz CT molecular complexity index is 639. The van der Waals surface area contributed by atoms with Crippen molar-refractivity contribution in [1.82, 2.24) is 10.3 Å². The third-order valence-electron chi connectivity index (χ3n) is 3.56. The predicted octanol–water partition coefficient (Wildman–Crippen LogP) is 3.07. The first-order chi connectivity index (χ1) is 10.2. The van der Waals surface area contributed by atoms with Crippen LogP contribution in [0.5, 0.6) is 11.5 Å². The van der Waals surface area contributed by atoms with E-state index in [-0.39, 0.29) is 6.10 Å². The number of aryl methyl sites for hydroxylation is 1. The van der Waals surface area contributed by atoms with Crippen LogP contribution in [0.3, 0.4) is 0 Å². The number of aromatic nitrogens is 1. The van der Waals surface area contributed by atoms with E-state index in [2.05, 4.69) is 34.7 Å². The summed E-state index contributed by atoms with van der Waals surface area (Å²) in [5, 5.41) is 6.60. The molecule has 5 heteroatoms. The molecular formula is C16H20N2O2S. The van der Waals surface area contributed by atoms with Crippen molar-refractivity contribution in [2.75, 3.05) is 7.11 Å². The number of fused-ring (bicyclic) bond motifs is 1. The number of methoxy groups -OCH3 is 1. The van der Waals surface area contributed by atoms with E-state index in [9.17, 15) is 0 Å². The maximum atomic E-state index is 5.82. The summed E-state index contributed by atoms with van der Waals surface area (Å²) in [5.74, 6) is 1.92. The molecule has 0 fully saturated rings. The van der Waals surface area contributed by atoms with Gasteiger partial charge in [-0.2, -0.15) is 0 Å². The Morgan fingerprint density at radius 2 is 2.29 bits per heavy atom. The van der Waals surface area contributed by atoms with Crippen molar-refractivity contribution < 1.29 is 9.47 Å². The lowest BCUT2D eigenvalue weighted by molar-refractivity contribution is 0.254. The minimum atomic E-state index is 0.256. The van der Waals surface area contributed by atoms with Crippen LogP contribution in [-0.4, -0.2) is 18.2 Å². The fraction of sp³-hybridized carbons (Fsp3) is 0.438. The molecule has 0 radical (unpaired) electrons. The van der Waals surface area contributed by atoms with Gasteiger partial charge in [0.25, 0.3) is 0 Å². The van der Waals surface area contributed by atoms with Gasteiger partial charge in [-0.3, -0.25) is 0 Å². The zero-order valence-corrected chi connectivity index (χ0v) is 13.4. The van der Waals surface area contributed by atoms with Crippen LogP contribution in [-0.2, 0) is 19.5 Å². The highest BCUT2D eigenvalue weighted by Gasteiger charge is 2.21. The summed E-state index contributed by atoms with van der Waals surface area (Å²) in [5.41, 5.74) is 3.44. The molecule has 1 atom stereocenters. The Morgan fingerprint density at radius 1 is 1.43 bits per heavy atom.